The van der Waals surface area contributed by atoms with E-state index in [9.17, 15) is 18.3 Å². The van der Waals surface area contributed by atoms with Gasteiger partial charge in [-0.3, -0.25) is 4.55 Å². The zero-order valence-corrected chi connectivity index (χ0v) is 9.82. The number of aromatic hydroxyl groups is 1. The summed E-state index contributed by atoms with van der Waals surface area (Å²) in [5, 5.41) is 9.55. The summed E-state index contributed by atoms with van der Waals surface area (Å²) >= 11 is 0. The molecule has 0 unspecified atom stereocenters. The molecule has 1 rings (SSSR count). The van der Waals surface area contributed by atoms with Gasteiger partial charge in [0.05, 0.1) is 14.2 Å². The third-order valence-electron chi connectivity index (χ3n) is 1.97. The Bertz CT molecular complexity index is 547. The predicted octanol–water partition coefficient (Wildman–Crippen LogP) is 0.434. The maximum Gasteiger partial charge on any atom is 0.341 e. The van der Waals surface area contributed by atoms with Gasteiger partial charge in [0.25, 0.3) is 10.1 Å². The third kappa shape index (κ3) is 2.66. The third-order valence-corrected chi connectivity index (χ3v) is 2.83. The van der Waals surface area contributed by atoms with Crippen molar-refractivity contribution in [1.82, 2.24) is 0 Å². The molecule has 0 aliphatic heterocycles. The number of hydrogen-bond donors (Lipinski definition) is 2. The normalized spacial score (nSPS) is 11.0. The van der Waals surface area contributed by atoms with E-state index in [0.29, 0.717) is 0 Å². The average Bonchev–Trinajstić information content (AvgIpc) is 2.26. The van der Waals surface area contributed by atoms with Gasteiger partial charge in [0.15, 0.2) is 5.75 Å². The molecule has 8 heteroatoms. The van der Waals surface area contributed by atoms with Gasteiger partial charge in [-0.1, -0.05) is 0 Å². The fourth-order valence-electron chi connectivity index (χ4n) is 1.16. The van der Waals surface area contributed by atoms with Crippen LogP contribution in [-0.2, 0) is 14.9 Å². The Morgan fingerprint density at radius 2 is 1.88 bits per heavy atom. The van der Waals surface area contributed by atoms with E-state index in [1.54, 1.807) is 0 Å². The minimum atomic E-state index is -4.67. The number of hydrogen-bond acceptors (Lipinski definition) is 6. The van der Waals surface area contributed by atoms with Gasteiger partial charge in [0.2, 0.25) is 0 Å². The first-order chi connectivity index (χ1) is 7.81. The number of benzene rings is 1. The van der Waals surface area contributed by atoms with Crippen LogP contribution >= 0.6 is 0 Å². The summed E-state index contributed by atoms with van der Waals surface area (Å²) < 4.78 is 39.9. The molecule has 0 saturated heterocycles. The number of methoxy groups -OCH3 is 2. The van der Waals surface area contributed by atoms with Crippen LogP contribution in [-0.4, -0.2) is 38.3 Å². The summed E-state index contributed by atoms with van der Waals surface area (Å²) in [6, 6.07) is 1.98. The van der Waals surface area contributed by atoms with Crippen molar-refractivity contribution in [1.29, 1.82) is 0 Å². The zero-order valence-electron chi connectivity index (χ0n) is 9.00. The molecule has 0 aromatic heterocycles. The minimum Gasteiger partial charge on any atom is -0.506 e. The highest BCUT2D eigenvalue weighted by molar-refractivity contribution is 7.86. The van der Waals surface area contributed by atoms with E-state index in [2.05, 4.69) is 4.74 Å². The van der Waals surface area contributed by atoms with Gasteiger partial charge in [-0.2, -0.15) is 8.42 Å². The molecule has 1 aromatic carbocycles. The van der Waals surface area contributed by atoms with Crippen LogP contribution in [0.3, 0.4) is 0 Å². The number of carbonyl (C=O) groups is 1. The van der Waals surface area contributed by atoms with E-state index in [1.807, 2.05) is 0 Å². The van der Waals surface area contributed by atoms with Gasteiger partial charge < -0.3 is 14.6 Å². The molecule has 94 valence electrons. The fraction of sp³-hybridized carbons (Fsp3) is 0.222. The Labute approximate surface area is 97.3 Å². The van der Waals surface area contributed by atoms with Crippen molar-refractivity contribution in [3.63, 3.8) is 0 Å². The number of phenolic OH excluding ortho intramolecular Hbond substituents is 1. The summed E-state index contributed by atoms with van der Waals surface area (Å²) in [5.74, 6) is -1.86. The molecular weight excluding hydrogens is 252 g/mol. The lowest BCUT2D eigenvalue weighted by molar-refractivity contribution is 0.0596. The fourth-order valence-corrected chi connectivity index (χ4v) is 1.78. The average molecular weight is 262 g/mol. The Kier molecular flexibility index (Phi) is 3.59. The molecule has 0 heterocycles. The SMILES string of the molecule is COC(=O)c1cc(OC)cc(S(=O)(=O)O)c1O. The summed E-state index contributed by atoms with van der Waals surface area (Å²) in [7, 11) is -2.37. The lowest BCUT2D eigenvalue weighted by atomic mass is 10.2. The monoisotopic (exact) mass is 262 g/mol. The first kappa shape index (κ1) is 13.3. The van der Waals surface area contributed by atoms with Crippen molar-refractivity contribution < 1.29 is 32.3 Å². The summed E-state index contributed by atoms with van der Waals surface area (Å²) in [6.45, 7) is 0. The highest BCUT2D eigenvalue weighted by atomic mass is 32.2. The van der Waals surface area contributed by atoms with Crippen LogP contribution in [0.25, 0.3) is 0 Å². The van der Waals surface area contributed by atoms with E-state index in [-0.39, 0.29) is 5.75 Å². The Hall–Kier alpha value is -1.80. The summed E-state index contributed by atoms with van der Waals surface area (Å²) in [4.78, 5) is 10.4. The van der Waals surface area contributed by atoms with Crippen LogP contribution in [0.15, 0.2) is 17.0 Å². The maximum atomic E-state index is 11.3. The van der Waals surface area contributed by atoms with Crippen LogP contribution < -0.4 is 4.74 Å². The molecule has 0 bridgehead atoms. The molecular formula is C9H10O7S. The lowest BCUT2D eigenvalue weighted by Crippen LogP contribution is -2.07. The second kappa shape index (κ2) is 4.60. The van der Waals surface area contributed by atoms with E-state index in [1.165, 1.54) is 7.11 Å². The zero-order chi connectivity index (χ0) is 13.2. The van der Waals surface area contributed by atoms with Gasteiger partial charge in [-0.15, -0.1) is 0 Å². The van der Waals surface area contributed by atoms with Crippen molar-refractivity contribution in [2.24, 2.45) is 0 Å². The van der Waals surface area contributed by atoms with Crippen LogP contribution in [0, 0.1) is 0 Å². The largest absolute Gasteiger partial charge is 0.506 e. The van der Waals surface area contributed by atoms with Gasteiger partial charge in [0, 0.05) is 6.07 Å². The molecule has 0 radical (unpaired) electrons. The van der Waals surface area contributed by atoms with Crippen molar-refractivity contribution in [3.05, 3.63) is 17.7 Å². The van der Waals surface area contributed by atoms with Crippen molar-refractivity contribution >= 4 is 16.1 Å². The van der Waals surface area contributed by atoms with Gasteiger partial charge in [0.1, 0.15) is 16.2 Å². The smallest absolute Gasteiger partial charge is 0.341 e. The topological polar surface area (TPSA) is 110 Å². The Balaban J connectivity index is 3.58. The molecule has 1 aromatic rings. The second-order valence-electron chi connectivity index (χ2n) is 2.99. The highest BCUT2D eigenvalue weighted by Crippen LogP contribution is 2.32. The minimum absolute atomic E-state index is 0.0178. The van der Waals surface area contributed by atoms with Crippen molar-refractivity contribution in [3.8, 4) is 11.5 Å². The number of esters is 1. The molecule has 17 heavy (non-hydrogen) atoms. The maximum absolute atomic E-state index is 11.3. The number of rotatable bonds is 3. The van der Waals surface area contributed by atoms with Gasteiger partial charge >= 0.3 is 5.97 Å². The second-order valence-corrected chi connectivity index (χ2v) is 4.38. The molecule has 0 fully saturated rings. The van der Waals surface area contributed by atoms with Gasteiger partial charge in [-0.25, -0.2) is 4.79 Å². The van der Waals surface area contributed by atoms with E-state index in [0.717, 1.165) is 19.2 Å². The Morgan fingerprint density at radius 3 is 2.29 bits per heavy atom. The lowest BCUT2D eigenvalue weighted by Gasteiger charge is -2.09. The van der Waals surface area contributed by atoms with Crippen molar-refractivity contribution in [2.75, 3.05) is 14.2 Å². The summed E-state index contributed by atoms with van der Waals surface area (Å²) in [5.41, 5.74) is -0.417. The van der Waals surface area contributed by atoms with Crippen LogP contribution in [0.2, 0.25) is 0 Å². The molecule has 0 spiro atoms. The number of phenols is 1. The number of ether oxygens (including phenoxy) is 2. The molecule has 0 amide bonds. The molecule has 7 nitrogen and oxygen atoms in total. The Morgan fingerprint density at radius 1 is 1.29 bits per heavy atom. The predicted molar refractivity (Wildman–Crippen MR) is 55.8 cm³/mol. The molecule has 0 atom stereocenters. The van der Waals surface area contributed by atoms with Crippen LogP contribution in [0.4, 0.5) is 0 Å². The van der Waals surface area contributed by atoms with Crippen LogP contribution in [0.5, 0.6) is 11.5 Å². The first-order valence-electron chi connectivity index (χ1n) is 4.28. The summed E-state index contributed by atoms with van der Waals surface area (Å²) in [6.07, 6.45) is 0. The molecule has 0 aliphatic carbocycles. The first-order valence-corrected chi connectivity index (χ1v) is 5.72. The molecule has 0 aliphatic rings. The standard InChI is InChI=1S/C9H10O7S/c1-15-5-3-6(9(11)16-2)8(10)7(4-5)17(12,13)14/h3-4,10H,1-2H3,(H,12,13,14). The molecule has 2 N–H and O–H groups in total. The quantitative estimate of drug-likeness (QED) is 0.600. The van der Waals surface area contributed by atoms with Crippen LogP contribution in [0.1, 0.15) is 10.4 Å². The van der Waals surface area contributed by atoms with Crippen molar-refractivity contribution in [2.45, 2.75) is 4.90 Å². The van der Waals surface area contributed by atoms with E-state index < -0.39 is 32.3 Å². The molecule has 0 saturated carbocycles. The van der Waals surface area contributed by atoms with Gasteiger partial charge in [-0.05, 0) is 6.07 Å². The van der Waals surface area contributed by atoms with E-state index in [4.69, 9.17) is 9.29 Å². The highest BCUT2D eigenvalue weighted by Gasteiger charge is 2.24. The van der Waals surface area contributed by atoms with E-state index >= 15 is 0 Å². The number of carbonyl (C=O) groups excluding carboxylic acids is 1.